The van der Waals surface area contributed by atoms with E-state index >= 15 is 0 Å². The Morgan fingerprint density at radius 1 is 1.27 bits per heavy atom. The number of amides is 1. The molecule has 146 valence electrons. The van der Waals surface area contributed by atoms with Crippen molar-refractivity contribution in [3.63, 3.8) is 0 Å². The zero-order valence-corrected chi connectivity index (χ0v) is 17.0. The molecule has 0 N–H and O–H groups in total. The summed E-state index contributed by atoms with van der Waals surface area (Å²) in [5.74, 6) is -0.303. The lowest BCUT2D eigenvalue weighted by atomic mass is 10.0. The van der Waals surface area contributed by atoms with Crippen molar-refractivity contribution >= 4 is 26.4 Å². The number of allylic oxidation sites excluding steroid dienone is 2. The molecule has 0 aliphatic heterocycles. The minimum Gasteiger partial charge on any atom is -0.343 e. The fraction of sp³-hybridized carbons (Fsp3) is 0.500. The fourth-order valence-electron chi connectivity index (χ4n) is 1.97. The molecule has 1 amide bonds. The van der Waals surface area contributed by atoms with E-state index in [0.29, 0.717) is 24.1 Å². The molecule has 4 nitrogen and oxygen atoms in total. The Kier molecular flexibility index (Phi) is 11.0. The van der Waals surface area contributed by atoms with Crippen LogP contribution in [0.25, 0.3) is 5.57 Å². The van der Waals surface area contributed by atoms with E-state index in [1.165, 1.54) is 11.0 Å². The van der Waals surface area contributed by atoms with E-state index in [1.54, 1.807) is 26.2 Å². The summed E-state index contributed by atoms with van der Waals surface area (Å²) in [7, 11) is 6.82. The third-order valence-corrected chi connectivity index (χ3v) is 3.60. The van der Waals surface area contributed by atoms with Gasteiger partial charge in [-0.2, -0.15) is 13.2 Å². The van der Waals surface area contributed by atoms with Gasteiger partial charge in [-0.25, -0.2) is 4.98 Å². The van der Waals surface area contributed by atoms with E-state index in [0.717, 1.165) is 19.3 Å². The molecule has 8 heteroatoms. The molecule has 0 saturated carbocycles. The van der Waals surface area contributed by atoms with Gasteiger partial charge >= 0.3 is 6.18 Å². The van der Waals surface area contributed by atoms with Gasteiger partial charge in [0.15, 0.2) is 0 Å². The molecule has 0 saturated heterocycles. The number of halogens is 3. The molecule has 1 heterocycles. The summed E-state index contributed by atoms with van der Waals surface area (Å²) in [5, 5.41) is 0. The molecular formula is C18H27F3N3OP. The number of hydrogen-bond acceptors (Lipinski definition) is 3. The first-order valence-electron chi connectivity index (χ1n) is 8.34. The average molecular weight is 389 g/mol. The zero-order valence-electron chi connectivity index (χ0n) is 15.9. The van der Waals surface area contributed by atoms with Gasteiger partial charge in [-0.15, -0.1) is 9.24 Å². The summed E-state index contributed by atoms with van der Waals surface area (Å²) in [6, 6.07) is 4.76. The molecule has 0 aliphatic rings. The molecule has 26 heavy (non-hydrogen) atoms. The Morgan fingerprint density at radius 2 is 1.85 bits per heavy atom. The van der Waals surface area contributed by atoms with Gasteiger partial charge in [-0.3, -0.25) is 9.79 Å². The highest BCUT2D eigenvalue weighted by Gasteiger charge is 2.34. The molecule has 0 bridgehead atoms. The number of alkyl halides is 3. The van der Waals surface area contributed by atoms with Crippen molar-refractivity contribution in [2.75, 3.05) is 27.3 Å². The van der Waals surface area contributed by atoms with Crippen LogP contribution >= 0.6 is 9.24 Å². The maximum absolute atomic E-state index is 13.0. The van der Waals surface area contributed by atoms with E-state index in [9.17, 15) is 18.0 Å². The normalized spacial score (nSPS) is 12.3. The zero-order chi connectivity index (χ0) is 20.3. The number of aliphatic imine (C=N–C) groups is 1. The Bertz CT molecular complexity index is 641. The van der Waals surface area contributed by atoms with Gasteiger partial charge < -0.3 is 4.90 Å². The predicted molar refractivity (Wildman–Crippen MR) is 105 cm³/mol. The molecule has 0 fully saturated rings. The second-order valence-corrected chi connectivity index (χ2v) is 5.85. The van der Waals surface area contributed by atoms with Crippen LogP contribution in [0, 0.1) is 0 Å². The molecule has 0 aromatic carbocycles. The minimum atomic E-state index is -4.53. The Hall–Kier alpha value is -1.75. The van der Waals surface area contributed by atoms with Crippen LogP contribution in [-0.2, 0) is 0 Å². The molecule has 0 aliphatic carbocycles. The summed E-state index contributed by atoms with van der Waals surface area (Å²) in [6.07, 6.45) is -1.69. The maximum Gasteiger partial charge on any atom is 0.432 e. The first kappa shape index (κ1) is 24.2. The van der Waals surface area contributed by atoms with Crippen LogP contribution < -0.4 is 0 Å². The number of hydrogen-bond donors (Lipinski definition) is 0. The summed E-state index contributed by atoms with van der Waals surface area (Å²) < 4.78 is 38.9. The van der Waals surface area contributed by atoms with E-state index < -0.39 is 11.9 Å². The van der Waals surface area contributed by atoms with Gasteiger partial charge in [-0.1, -0.05) is 19.9 Å². The number of aromatic nitrogens is 1. The fourth-order valence-corrected chi connectivity index (χ4v) is 2.17. The lowest BCUT2D eigenvalue weighted by Gasteiger charge is -2.13. The number of rotatable bonds is 6. The highest BCUT2D eigenvalue weighted by atomic mass is 31.0. The van der Waals surface area contributed by atoms with Crippen LogP contribution in [0.1, 0.15) is 42.9 Å². The summed E-state index contributed by atoms with van der Waals surface area (Å²) in [5.41, 5.74) is -0.0148. The second-order valence-electron chi connectivity index (χ2n) is 5.28. The molecule has 1 aromatic rings. The van der Waals surface area contributed by atoms with Crippen LogP contribution in [0.4, 0.5) is 13.2 Å². The van der Waals surface area contributed by atoms with Crippen molar-refractivity contribution < 1.29 is 18.0 Å². The lowest BCUT2D eigenvalue weighted by Crippen LogP contribution is -2.23. The number of nitrogens with zero attached hydrogens (tertiary/aromatic N) is 3. The van der Waals surface area contributed by atoms with Crippen molar-refractivity contribution in [3.05, 3.63) is 35.7 Å². The van der Waals surface area contributed by atoms with Crippen molar-refractivity contribution in [3.8, 4) is 0 Å². The Labute approximate surface area is 155 Å². The van der Waals surface area contributed by atoms with Crippen molar-refractivity contribution in [2.24, 2.45) is 4.99 Å². The second kappa shape index (κ2) is 11.8. The van der Waals surface area contributed by atoms with Gasteiger partial charge in [0.2, 0.25) is 0 Å². The minimum absolute atomic E-state index is 0.191. The quantitative estimate of drug-likeness (QED) is 0.532. The summed E-state index contributed by atoms with van der Waals surface area (Å²) in [4.78, 5) is 20.9. The molecule has 1 unspecified atom stereocenters. The first-order valence-corrected chi connectivity index (χ1v) is 9.16. The molecule has 0 spiro atoms. The number of carbonyl (C=O) groups is 1. The van der Waals surface area contributed by atoms with E-state index in [2.05, 4.69) is 19.2 Å². The predicted octanol–water partition coefficient (Wildman–Crippen LogP) is 4.48. The molecular weight excluding hydrogens is 362 g/mol. The summed E-state index contributed by atoms with van der Waals surface area (Å²) in [6.45, 7) is 4.00. The Balaban J connectivity index is 0.00000301. The van der Waals surface area contributed by atoms with Gasteiger partial charge in [-0.05, 0) is 42.8 Å². The van der Waals surface area contributed by atoms with Crippen molar-refractivity contribution in [1.82, 2.24) is 9.88 Å². The van der Waals surface area contributed by atoms with Crippen LogP contribution in [0.2, 0.25) is 0 Å². The maximum atomic E-state index is 13.0. The topological polar surface area (TPSA) is 45.6 Å². The van der Waals surface area contributed by atoms with Crippen molar-refractivity contribution in [1.29, 1.82) is 0 Å². The van der Waals surface area contributed by atoms with Crippen LogP contribution in [0.3, 0.4) is 0 Å². The number of carbonyl (C=O) groups excluding carboxylic acids is 1. The van der Waals surface area contributed by atoms with Gasteiger partial charge in [0, 0.05) is 21.1 Å². The van der Waals surface area contributed by atoms with E-state index in [4.69, 9.17) is 0 Å². The van der Waals surface area contributed by atoms with E-state index in [1.807, 2.05) is 13.8 Å². The van der Waals surface area contributed by atoms with Crippen LogP contribution in [0.15, 0.2) is 29.3 Å². The average Bonchev–Trinajstić information content (AvgIpc) is 2.62. The van der Waals surface area contributed by atoms with Gasteiger partial charge in [0.05, 0.1) is 5.69 Å². The smallest absolute Gasteiger partial charge is 0.343 e. The first-order chi connectivity index (χ1) is 12.2. The highest BCUT2D eigenvalue weighted by molar-refractivity contribution is 7.16. The Morgan fingerprint density at radius 3 is 2.31 bits per heavy atom. The highest BCUT2D eigenvalue weighted by Crippen LogP contribution is 2.25. The molecule has 1 rings (SSSR count). The third-order valence-electron chi connectivity index (χ3n) is 3.20. The molecule has 0 radical (unpaired) electrons. The van der Waals surface area contributed by atoms with Crippen LogP contribution in [-0.4, -0.2) is 55.0 Å². The SMILES string of the molecule is CC.CN=C(/C=C(\CCCP)c1cccc(C(=O)N(C)C)n1)C(F)(F)F. The van der Waals surface area contributed by atoms with E-state index in [-0.39, 0.29) is 11.6 Å². The van der Waals surface area contributed by atoms with Gasteiger partial charge in [0.25, 0.3) is 5.91 Å². The largest absolute Gasteiger partial charge is 0.432 e. The number of pyridine rings is 1. The van der Waals surface area contributed by atoms with Gasteiger partial charge in [0.1, 0.15) is 11.4 Å². The summed E-state index contributed by atoms with van der Waals surface area (Å²) >= 11 is 0. The monoisotopic (exact) mass is 389 g/mol. The molecule has 1 aromatic heterocycles. The lowest BCUT2D eigenvalue weighted by molar-refractivity contribution is -0.0577. The molecule has 1 atom stereocenters. The van der Waals surface area contributed by atoms with Crippen LogP contribution in [0.5, 0.6) is 0 Å². The third kappa shape index (κ3) is 7.65. The standard InChI is InChI=1S/C16H21F3N3OP.C2H6/c1-20-14(16(17,18)19)10-11(6-5-9-24)12-7-4-8-13(21-12)15(23)22(2)3;1-2/h4,7-8,10H,5-6,9,24H2,1-3H3;1-2H3/b11-10+,20-14?;. The van der Waals surface area contributed by atoms with Crippen molar-refractivity contribution in [2.45, 2.75) is 32.9 Å².